The zero-order valence-corrected chi connectivity index (χ0v) is 12.3. The summed E-state index contributed by atoms with van der Waals surface area (Å²) in [4.78, 5) is 23.1. The smallest absolute Gasteiger partial charge is 0.253 e. The van der Waals surface area contributed by atoms with Gasteiger partial charge >= 0.3 is 0 Å². The lowest BCUT2D eigenvalue weighted by atomic mass is 10.2. The molecule has 0 fully saturated rings. The van der Waals surface area contributed by atoms with Crippen LogP contribution in [0.5, 0.6) is 0 Å². The van der Waals surface area contributed by atoms with Crippen molar-refractivity contribution in [2.75, 3.05) is 0 Å². The van der Waals surface area contributed by atoms with Crippen LogP contribution in [0, 0.1) is 5.82 Å². The first-order chi connectivity index (χ1) is 9.47. The van der Waals surface area contributed by atoms with Gasteiger partial charge in [0.1, 0.15) is 5.82 Å². The molecule has 0 aliphatic carbocycles. The molecule has 4 nitrogen and oxygen atoms in total. The van der Waals surface area contributed by atoms with Gasteiger partial charge in [-0.05, 0) is 18.2 Å². The number of halogens is 2. The van der Waals surface area contributed by atoms with Gasteiger partial charge in [0.25, 0.3) is 5.91 Å². The normalized spacial score (nSPS) is 10.3. The summed E-state index contributed by atoms with van der Waals surface area (Å²) in [6, 6.07) is 7.40. The van der Waals surface area contributed by atoms with Crippen molar-refractivity contribution in [3.8, 4) is 0 Å². The second-order valence-corrected chi connectivity index (χ2v) is 5.20. The molecule has 2 rings (SSSR count). The van der Waals surface area contributed by atoms with Crippen LogP contribution in [-0.4, -0.2) is 10.5 Å². The van der Waals surface area contributed by atoms with Gasteiger partial charge in [-0.3, -0.25) is 9.59 Å². The Morgan fingerprint density at radius 3 is 2.75 bits per heavy atom. The van der Waals surface area contributed by atoms with E-state index in [1.807, 2.05) is 0 Å². The van der Waals surface area contributed by atoms with E-state index in [1.54, 1.807) is 19.2 Å². The van der Waals surface area contributed by atoms with Crippen LogP contribution in [0.1, 0.15) is 15.9 Å². The lowest BCUT2D eigenvalue weighted by Crippen LogP contribution is -2.25. The molecule has 0 bridgehead atoms. The molecular formula is C14H12BrFN2O2. The average Bonchev–Trinajstić information content (AvgIpc) is 2.40. The molecule has 104 valence electrons. The Morgan fingerprint density at radius 2 is 2.10 bits per heavy atom. The molecule has 0 spiro atoms. The summed E-state index contributed by atoms with van der Waals surface area (Å²) >= 11 is 3.17. The van der Waals surface area contributed by atoms with Gasteiger partial charge in [0.2, 0.25) is 5.56 Å². The van der Waals surface area contributed by atoms with E-state index in [-0.39, 0.29) is 23.8 Å². The molecule has 0 saturated carbocycles. The van der Waals surface area contributed by atoms with Crippen LogP contribution in [0.3, 0.4) is 0 Å². The average molecular weight is 339 g/mol. The standard InChI is InChI=1S/C14H12BrFN2O2/c1-18-8-10(3-5-13(18)19)14(20)17-7-9-2-4-11(15)6-12(9)16/h2-6,8H,7H2,1H3,(H,17,20). The van der Waals surface area contributed by atoms with Gasteiger partial charge in [0.05, 0.1) is 5.56 Å². The van der Waals surface area contributed by atoms with E-state index >= 15 is 0 Å². The first kappa shape index (κ1) is 14.5. The van der Waals surface area contributed by atoms with Crippen LogP contribution in [0.2, 0.25) is 0 Å². The van der Waals surface area contributed by atoms with E-state index in [2.05, 4.69) is 21.2 Å². The molecule has 0 radical (unpaired) electrons. The second kappa shape index (κ2) is 6.00. The van der Waals surface area contributed by atoms with Crippen LogP contribution in [0.25, 0.3) is 0 Å². The number of rotatable bonds is 3. The SMILES string of the molecule is Cn1cc(C(=O)NCc2ccc(Br)cc2F)ccc1=O. The number of aromatic nitrogens is 1. The van der Waals surface area contributed by atoms with E-state index in [4.69, 9.17) is 0 Å². The van der Waals surface area contributed by atoms with E-state index in [9.17, 15) is 14.0 Å². The molecule has 1 N–H and O–H groups in total. The molecule has 6 heteroatoms. The Kier molecular flexibility index (Phi) is 4.34. The number of carbonyl (C=O) groups excluding carboxylic acids is 1. The van der Waals surface area contributed by atoms with Crippen molar-refractivity contribution >= 4 is 21.8 Å². The molecule has 0 aliphatic rings. The fourth-order valence-electron chi connectivity index (χ4n) is 1.67. The third-order valence-electron chi connectivity index (χ3n) is 2.80. The molecule has 1 amide bonds. The van der Waals surface area contributed by atoms with Gasteiger partial charge in [0, 0.05) is 35.9 Å². The highest BCUT2D eigenvalue weighted by Gasteiger charge is 2.08. The summed E-state index contributed by atoms with van der Waals surface area (Å²) in [6.07, 6.45) is 1.44. The molecule has 0 aliphatic heterocycles. The predicted octanol–water partition coefficient (Wildman–Crippen LogP) is 2.22. The zero-order valence-electron chi connectivity index (χ0n) is 10.7. The fraction of sp³-hybridized carbons (Fsp3) is 0.143. The van der Waals surface area contributed by atoms with Gasteiger partial charge in [-0.1, -0.05) is 22.0 Å². The summed E-state index contributed by atoms with van der Waals surface area (Å²) < 4.78 is 15.6. The highest BCUT2D eigenvalue weighted by Crippen LogP contribution is 2.15. The van der Waals surface area contributed by atoms with E-state index in [1.165, 1.54) is 29.0 Å². The van der Waals surface area contributed by atoms with Crippen molar-refractivity contribution in [2.24, 2.45) is 7.05 Å². The van der Waals surface area contributed by atoms with Gasteiger partial charge in [-0.2, -0.15) is 0 Å². The lowest BCUT2D eigenvalue weighted by molar-refractivity contribution is 0.0950. The summed E-state index contributed by atoms with van der Waals surface area (Å²) in [5.41, 5.74) is 0.552. The topological polar surface area (TPSA) is 51.1 Å². The number of pyridine rings is 1. The minimum Gasteiger partial charge on any atom is -0.348 e. The monoisotopic (exact) mass is 338 g/mol. The summed E-state index contributed by atoms with van der Waals surface area (Å²) in [7, 11) is 1.56. The Labute approximate surface area is 123 Å². The number of aryl methyl sites for hydroxylation is 1. The van der Waals surface area contributed by atoms with Gasteiger partial charge in [-0.25, -0.2) is 4.39 Å². The number of amides is 1. The Morgan fingerprint density at radius 1 is 1.35 bits per heavy atom. The van der Waals surface area contributed by atoms with Gasteiger partial charge in [0.15, 0.2) is 0 Å². The van der Waals surface area contributed by atoms with Crippen molar-refractivity contribution in [1.29, 1.82) is 0 Å². The van der Waals surface area contributed by atoms with Crippen molar-refractivity contribution in [3.63, 3.8) is 0 Å². The van der Waals surface area contributed by atoms with E-state index in [0.29, 0.717) is 15.6 Å². The second-order valence-electron chi connectivity index (χ2n) is 4.29. The molecule has 20 heavy (non-hydrogen) atoms. The molecule has 1 heterocycles. The van der Waals surface area contributed by atoms with Crippen LogP contribution < -0.4 is 10.9 Å². The maximum Gasteiger partial charge on any atom is 0.253 e. The number of nitrogens with zero attached hydrogens (tertiary/aromatic N) is 1. The maximum atomic E-state index is 13.6. The Balaban J connectivity index is 2.08. The number of hydrogen-bond donors (Lipinski definition) is 1. The third kappa shape index (κ3) is 3.33. The largest absolute Gasteiger partial charge is 0.348 e. The molecule has 0 atom stereocenters. The third-order valence-corrected chi connectivity index (χ3v) is 3.30. The van der Waals surface area contributed by atoms with Crippen LogP contribution in [0.15, 0.2) is 45.8 Å². The van der Waals surface area contributed by atoms with Crippen LogP contribution in [0.4, 0.5) is 4.39 Å². The number of carbonyl (C=O) groups is 1. The van der Waals surface area contributed by atoms with E-state index in [0.717, 1.165) is 0 Å². The number of hydrogen-bond acceptors (Lipinski definition) is 2. The first-order valence-electron chi connectivity index (χ1n) is 5.86. The Bertz CT molecular complexity index is 713. The molecule has 2 aromatic rings. The lowest BCUT2D eigenvalue weighted by Gasteiger charge is -2.07. The predicted molar refractivity (Wildman–Crippen MR) is 77.0 cm³/mol. The highest BCUT2D eigenvalue weighted by molar-refractivity contribution is 9.10. The van der Waals surface area contributed by atoms with Crippen molar-refractivity contribution in [2.45, 2.75) is 6.54 Å². The molecule has 0 unspecified atom stereocenters. The summed E-state index contributed by atoms with van der Waals surface area (Å²) in [5.74, 6) is -0.747. The minimum absolute atomic E-state index is 0.0841. The number of benzene rings is 1. The number of nitrogens with one attached hydrogen (secondary N) is 1. The van der Waals surface area contributed by atoms with Crippen LogP contribution in [-0.2, 0) is 13.6 Å². The van der Waals surface area contributed by atoms with Crippen molar-refractivity contribution < 1.29 is 9.18 Å². The van der Waals surface area contributed by atoms with Crippen molar-refractivity contribution in [1.82, 2.24) is 9.88 Å². The fourth-order valence-corrected chi connectivity index (χ4v) is 2.00. The van der Waals surface area contributed by atoms with Gasteiger partial charge < -0.3 is 9.88 Å². The van der Waals surface area contributed by atoms with Crippen molar-refractivity contribution in [3.05, 3.63) is 68.3 Å². The van der Waals surface area contributed by atoms with E-state index < -0.39 is 0 Å². The molecule has 0 saturated heterocycles. The maximum absolute atomic E-state index is 13.6. The van der Waals surface area contributed by atoms with Gasteiger partial charge in [-0.15, -0.1) is 0 Å². The van der Waals surface area contributed by atoms with Crippen LogP contribution >= 0.6 is 15.9 Å². The summed E-state index contributed by atoms with van der Waals surface area (Å²) in [5, 5.41) is 2.61. The first-order valence-corrected chi connectivity index (χ1v) is 6.65. The quantitative estimate of drug-likeness (QED) is 0.932. The molecule has 1 aromatic carbocycles. The molecule has 1 aromatic heterocycles. The Hall–Kier alpha value is -1.95. The highest BCUT2D eigenvalue weighted by atomic mass is 79.9. The minimum atomic E-state index is -0.389. The summed E-state index contributed by atoms with van der Waals surface area (Å²) in [6.45, 7) is 0.0841. The zero-order chi connectivity index (χ0) is 14.7. The molecular weight excluding hydrogens is 327 g/mol.